The number of H-pyrrole nitrogens is 1. The molecule has 0 bridgehead atoms. The van der Waals surface area contributed by atoms with Crippen LogP contribution in [0.25, 0.3) is 10.8 Å². The fourth-order valence-corrected chi connectivity index (χ4v) is 2.93. The first-order valence-electron chi connectivity index (χ1n) is 6.79. The molecule has 1 aliphatic rings. The maximum Gasteiger partial charge on any atom is 0.272 e. The lowest BCUT2D eigenvalue weighted by atomic mass is 9.88. The van der Waals surface area contributed by atoms with Crippen LogP contribution in [0.3, 0.4) is 0 Å². The summed E-state index contributed by atoms with van der Waals surface area (Å²) in [7, 11) is 1.71. The van der Waals surface area contributed by atoms with E-state index in [4.69, 9.17) is 5.41 Å². The summed E-state index contributed by atoms with van der Waals surface area (Å²) >= 11 is 0. The molecule has 1 aromatic carbocycles. The first-order chi connectivity index (χ1) is 10.6. The molecule has 2 aromatic rings. The fraction of sp³-hybridized carbons (Fsp3) is 0.286. The third kappa shape index (κ3) is 2.03. The Morgan fingerprint density at radius 2 is 2.32 bits per heavy atom. The largest absolute Gasteiger partial charge is 0.381 e. The molecule has 2 unspecified atom stereocenters. The Morgan fingerprint density at radius 3 is 3.00 bits per heavy atom. The van der Waals surface area contributed by atoms with Crippen molar-refractivity contribution in [2.75, 3.05) is 12.4 Å². The minimum atomic E-state index is -0.481. The highest BCUT2D eigenvalue weighted by Gasteiger charge is 2.33. The minimum Gasteiger partial charge on any atom is -0.381 e. The van der Waals surface area contributed by atoms with E-state index >= 15 is 0 Å². The molecular weight excluding hydrogens is 287 g/mol. The average Bonchev–Trinajstić information content (AvgIpc) is 2.48. The molecule has 2 heterocycles. The fourth-order valence-electron chi connectivity index (χ4n) is 2.93. The lowest BCUT2D eigenvalue weighted by Gasteiger charge is -2.32. The van der Waals surface area contributed by atoms with Gasteiger partial charge in [0.25, 0.3) is 5.56 Å². The Balaban J connectivity index is 2.35. The van der Waals surface area contributed by atoms with Gasteiger partial charge in [0.1, 0.15) is 18.0 Å². The normalized spacial score (nSPS) is 20.6. The topological polar surface area (TPSA) is 106 Å². The molecule has 8 heteroatoms. The summed E-state index contributed by atoms with van der Waals surface area (Å²) in [6.07, 6.45) is 0.946. The van der Waals surface area contributed by atoms with Crippen LogP contribution in [0.1, 0.15) is 18.5 Å². The number of aromatic nitrogens is 2. The molecule has 0 radical (unpaired) electrons. The van der Waals surface area contributed by atoms with E-state index in [2.05, 4.69) is 25.8 Å². The van der Waals surface area contributed by atoms with Gasteiger partial charge in [-0.15, -0.1) is 0 Å². The smallest absolute Gasteiger partial charge is 0.272 e. The molecule has 0 spiro atoms. The summed E-state index contributed by atoms with van der Waals surface area (Å²) < 4.78 is 13.7. The van der Waals surface area contributed by atoms with Gasteiger partial charge in [0.15, 0.2) is 0 Å². The van der Waals surface area contributed by atoms with Gasteiger partial charge in [-0.05, 0) is 19.1 Å². The first kappa shape index (κ1) is 14.2. The van der Waals surface area contributed by atoms with Crippen molar-refractivity contribution in [2.45, 2.75) is 18.9 Å². The number of likely N-dealkylation sites (N-methyl/N-ethyl adjacent to an activating group) is 1. The predicted octanol–water partition coefficient (Wildman–Crippen LogP) is 1.18. The number of hydrogen-bond acceptors (Lipinski definition) is 4. The molecule has 2 atom stereocenters. The van der Waals surface area contributed by atoms with Gasteiger partial charge in [0, 0.05) is 24.2 Å². The number of aromatic amines is 1. The molecule has 0 amide bonds. The van der Waals surface area contributed by atoms with Crippen LogP contribution in [0.15, 0.2) is 21.9 Å². The van der Waals surface area contributed by atoms with Crippen molar-refractivity contribution in [1.82, 2.24) is 15.5 Å². The van der Waals surface area contributed by atoms with E-state index in [0.29, 0.717) is 22.6 Å². The van der Waals surface area contributed by atoms with E-state index in [9.17, 15) is 9.18 Å². The summed E-state index contributed by atoms with van der Waals surface area (Å²) in [5, 5.41) is 20.7. The highest BCUT2D eigenvalue weighted by molar-refractivity contribution is 6.03. The summed E-state index contributed by atoms with van der Waals surface area (Å²) in [5.74, 6) is -0.222. The number of benzene rings is 1. The molecule has 0 saturated carbocycles. The average molecular weight is 302 g/mol. The van der Waals surface area contributed by atoms with E-state index in [1.165, 1.54) is 12.1 Å². The van der Waals surface area contributed by atoms with Crippen LogP contribution in [0.2, 0.25) is 0 Å². The van der Waals surface area contributed by atoms with Crippen LogP contribution in [0, 0.1) is 11.2 Å². The quantitative estimate of drug-likeness (QED) is 0.494. The van der Waals surface area contributed by atoms with Crippen LogP contribution < -0.4 is 16.2 Å². The molecule has 0 fully saturated rings. The third-order valence-electron chi connectivity index (χ3n) is 3.81. The first-order valence-corrected chi connectivity index (χ1v) is 6.79. The summed E-state index contributed by atoms with van der Waals surface area (Å²) in [6, 6.07) is 2.42. The Kier molecular flexibility index (Phi) is 3.36. The Labute approximate surface area is 125 Å². The number of nitrogens with one attached hydrogen (secondary N) is 4. The summed E-state index contributed by atoms with van der Waals surface area (Å²) in [4.78, 5) is 16.0. The molecule has 3 rings (SSSR count). The highest BCUT2D eigenvalue weighted by Crippen LogP contribution is 2.37. The summed E-state index contributed by atoms with van der Waals surface area (Å²) in [5.41, 5.74) is 0.702. The van der Waals surface area contributed by atoms with Crippen molar-refractivity contribution in [2.24, 2.45) is 4.99 Å². The number of rotatable bonds is 2. The van der Waals surface area contributed by atoms with Crippen LogP contribution >= 0.6 is 0 Å². The molecule has 1 aromatic heterocycles. The van der Waals surface area contributed by atoms with Gasteiger partial charge in [-0.25, -0.2) is 14.5 Å². The molecule has 4 N–H and O–H groups in total. The van der Waals surface area contributed by atoms with Gasteiger partial charge in [0.2, 0.25) is 0 Å². The van der Waals surface area contributed by atoms with Crippen molar-refractivity contribution >= 4 is 28.6 Å². The van der Waals surface area contributed by atoms with Gasteiger partial charge in [0.05, 0.1) is 17.0 Å². The van der Waals surface area contributed by atoms with Crippen LogP contribution in [0.5, 0.6) is 0 Å². The van der Waals surface area contributed by atoms with Gasteiger partial charge in [-0.3, -0.25) is 10.2 Å². The van der Waals surface area contributed by atoms with Crippen molar-refractivity contribution < 1.29 is 4.39 Å². The SMILES string of the molecule is CN/C(=N\C=N)C1c2n[nH]c(=O)c3cc(F)cc(c23)NC1C. The van der Waals surface area contributed by atoms with Gasteiger partial charge in [-0.1, -0.05) is 0 Å². The van der Waals surface area contributed by atoms with Crippen molar-refractivity contribution in [3.05, 3.63) is 34.0 Å². The highest BCUT2D eigenvalue weighted by atomic mass is 19.1. The van der Waals surface area contributed by atoms with Crippen molar-refractivity contribution in [3.8, 4) is 0 Å². The zero-order valence-corrected chi connectivity index (χ0v) is 12.1. The Morgan fingerprint density at radius 1 is 1.55 bits per heavy atom. The second kappa shape index (κ2) is 5.21. The lowest BCUT2D eigenvalue weighted by Crippen LogP contribution is -2.40. The van der Waals surface area contributed by atoms with Crippen molar-refractivity contribution in [3.63, 3.8) is 0 Å². The van der Waals surface area contributed by atoms with E-state index in [-0.39, 0.29) is 17.3 Å². The Hall–Kier alpha value is -2.77. The second-order valence-electron chi connectivity index (χ2n) is 5.12. The minimum absolute atomic E-state index is 0.137. The number of aliphatic imine (C=N–C) groups is 1. The number of nitrogens with zero attached hydrogens (tertiary/aromatic N) is 2. The monoisotopic (exact) mass is 302 g/mol. The second-order valence-corrected chi connectivity index (χ2v) is 5.12. The lowest BCUT2D eigenvalue weighted by molar-refractivity contribution is 0.626. The standard InChI is InChI=1S/C14H15FN6O/c1-6-10(13(17-2)18-5-16)12-11-8(14(22)21-20-12)3-7(15)4-9(11)19-6/h3-6,10,19H,1-2H3,(H,21,22)(H2,16,17,18). The van der Waals surface area contributed by atoms with Crippen LogP contribution in [0.4, 0.5) is 10.1 Å². The van der Waals surface area contributed by atoms with Gasteiger partial charge < -0.3 is 10.6 Å². The maximum absolute atomic E-state index is 13.7. The Bertz CT molecular complexity index is 843. The zero-order valence-electron chi connectivity index (χ0n) is 12.1. The van der Waals surface area contributed by atoms with Crippen molar-refractivity contribution in [1.29, 1.82) is 5.41 Å². The predicted molar refractivity (Wildman–Crippen MR) is 83.4 cm³/mol. The number of anilines is 1. The molecule has 114 valence electrons. The van der Waals surface area contributed by atoms with Crippen LogP contribution in [-0.2, 0) is 0 Å². The zero-order chi connectivity index (χ0) is 15.9. The van der Waals surface area contributed by atoms with E-state index in [1.54, 1.807) is 7.05 Å². The molecule has 0 saturated heterocycles. The maximum atomic E-state index is 13.7. The van der Waals surface area contributed by atoms with Gasteiger partial charge >= 0.3 is 0 Å². The van der Waals surface area contributed by atoms with E-state index in [1.807, 2.05) is 6.92 Å². The molecule has 22 heavy (non-hydrogen) atoms. The molecule has 0 aliphatic carbocycles. The van der Waals surface area contributed by atoms with E-state index < -0.39 is 11.4 Å². The van der Waals surface area contributed by atoms with E-state index in [0.717, 1.165) is 6.34 Å². The molecule has 7 nitrogen and oxygen atoms in total. The third-order valence-corrected chi connectivity index (χ3v) is 3.81. The van der Waals surface area contributed by atoms with Gasteiger partial charge in [-0.2, -0.15) is 5.10 Å². The molecular formula is C14H15FN6O. The van der Waals surface area contributed by atoms with Crippen LogP contribution in [-0.4, -0.2) is 35.5 Å². The molecule has 1 aliphatic heterocycles. The number of hydrogen-bond donors (Lipinski definition) is 4. The number of halogens is 1. The number of amidine groups is 1. The summed E-state index contributed by atoms with van der Waals surface area (Å²) in [6.45, 7) is 1.91.